The molecule has 3 nitrogen and oxygen atoms in total. The average Bonchev–Trinajstić information content (AvgIpc) is 2.86. The van der Waals surface area contributed by atoms with Gasteiger partial charge in [-0.25, -0.2) is 0 Å². The second-order valence-electron chi connectivity index (χ2n) is 3.73. The van der Waals surface area contributed by atoms with E-state index in [0.29, 0.717) is 0 Å². The third-order valence-electron chi connectivity index (χ3n) is 2.76. The Bertz CT molecular complexity index is 496. The van der Waals surface area contributed by atoms with E-state index in [1.54, 1.807) is 24.6 Å². The van der Waals surface area contributed by atoms with Gasteiger partial charge < -0.3 is 10.5 Å². The van der Waals surface area contributed by atoms with E-state index in [-0.39, 0.29) is 6.04 Å². The lowest BCUT2D eigenvalue weighted by atomic mass is 10.1. The maximum absolute atomic E-state index is 6.28. The number of thiophene rings is 1. The Labute approximate surface area is 105 Å². The highest BCUT2D eigenvalue weighted by atomic mass is 32.1. The van der Waals surface area contributed by atoms with E-state index in [4.69, 9.17) is 10.5 Å². The fraction of sp³-hybridized carbons (Fsp3) is 0.308. The molecule has 0 aromatic carbocycles. The molecule has 1 unspecified atom stereocenters. The summed E-state index contributed by atoms with van der Waals surface area (Å²) in [4.78, 5) is 5.51. The lowest BCUT2D eigenvalue weighted by Crippen LogP contribution is -2.14. The number of pyridine rings is 1. The zero-order valence-electron chi connectivity index (χ0n) is 10.0. The van der Waals surface area contributed by atoms with Gasteiger partial charge in [-0.15, -0.1) is 11.3 Å². The number of hydrogen-bond donors (Lipinski definition) is 1. The van der Waals surface area contributed by atoms with E-state index in [1.165, 1.54) is 10.4 Å². The van der Waals surface area contributed by atoms with E-state index in [0.717, 1.165) is 17.9 Å². The number of aromatic nitrogens is 1. The molecule has 0 saturated heterocycles. The van der Waals surface area contributed by atoms with Crippen LogP contribution >= 0.6 is 11.3 Å². The quantitative estimate of drug-likeness (QED) is 0.905. The first-order valence-electron chi connectivity index (χ1n) is 5.58. The molecule has 2 aromatic heterocycles. The molecule has 2 rings (SSSR count). The molecular weight excluding hydrogens is 232 g/mol. The van der Waals surface area contributed by atoms with Crippen LogP contribution in [0.1, 0.15) is 29.1 Å². The largest absolute Gasteiger partial charge is 0.495 e. The molecule has 0 saturated carbocycles. The van der Waals surface area contributed by atoms with Crippen LogP contribution in [0.15, 0.2) is 29.8 Å². The minimum Gasteiger partial charge on any atom is -0.495 e. The van der Waals surface area contributed by atoms with Crippen LogP contribution < -0.4 is 10.5 Å². The molecule has 0 amide bonds. The summed E-state index contributed by atoms with van der Waals surface area (Å²) < 4.78 is 5.30. The van der Waals surface area contributed by atoms with Crippen LogP contribution in [-0.2, 0) is 6.42 Å². The summed E-state index contributed by atoms with van der Waals surface area (Å²) in [6, 6.07) is 5.65. The maximum atomic E-state index is 6.28. The first kappa shape index (κ1) is 12.1. The molecule has 1 atom stereocenters. The van der Waals surface area contributed by atoms with Crippen LogP contribution in [0.4, 0.5) is 0 Å². The van der Waals surface area contributed by atoms with Crippen molar-refractivity contribution in [3.63, 3.8) is 0 Å². The molecule has 90 valence electrons. The van der Waals surface area contributed by atoms with E-state index in [1.807, 2.05) is 12.1 Å². The summed E-state index contributed by atoms with van der Waals surface area (Å²) in [6.07, 6.45) is 2.73. The molecule has 0 radical (unpaired) electrons. The molecule has 2 aromatic rings. The predicted molar refractivity (Wildman–Crippen MR) is 70.5 cm³/mol. The topological polar surface area (TPSA) is 48.1 Å². The van der Waals surface area contributed by atoms with Gasteiger partial charge in [-0.05, 0) is 35.6 Å². The van der Waals surface area contributed by atoms with Gasteiger partial charge in [0.2, 0.25) is 0 Å². The summed E-state index contributed by atoms with van der Waals surface area (Å²) in [5.41, 5.74) is 8.37. The molecule has 0 bridgehead atoms. The third kappa shape index (κ3) is 2.33. The van der Waals surface area contributed by atoms with Crippen molar-refractivity contribution in [2.24, 2.45) is 5.73 Å². The minimum absolute atomic E-state index is 0.207. The van der Waals surface area contributed by atoms with Crippen LogP contribution in [0.3, 0.4) is 0 Å². The van der Waals surface area contributed by atoms with E-state index in [9.17, 15) is 0 Å². The lowest BCUT2D eigenvalue weighted by Gasteiger charge is -2.14. The van der Waals surface area contributed by atoms with Gasteiger partial charge in [0.1, 0.15) is 11.4 Å². The van der Waals surface area contributed by atoms with Crippen molar-refractivity contribution >= 4 is 11.3 Å². The zero-order chi connectivity index (χ0) is 12.3. The Hall–Kier alpha value is -1.39. The van der Waals surface area contributed by atoms with Gasteiger partial charge in [-0.3, -0.25) is 4.98 Å². The van der Waals surface area contributed by atoms with Gasteiger partial charge in [0.15, 0.2) is 0 Å². The highest BCUT2D eigenvalue weighted by Gasteiger charge is 2.18. The Kier molecular flexibility index (Phi) is 3.76. The highest BCUT2D eigenvalue weighted by molar-refractivity contribution is 7.10. The Morgan fingerprint density at radius 3 is 3.00 bits per heavy atom. The van der Waals surface area contributed by atoms with Gasteiger partial charge in [0, 0.05) is 11.1 Å². The lowest BCUT2D eigenvalue weighted by molar-refractivity contribution is 0.405. The molecule has 0 aliphatic rings. The fourth-order valence-corrected chi connectivity index (χ4v) is 2.85. The number of nitrogens with zero attached hydrogens (tertiary/aromatic N) is 1. The maximum Gasteiger partial charge on any atom is 0.142 e. The summed E-state index contributed by atoms with van der Waals surface area (Å²) in [6.45, 7) is 2.13. The SMILES string of the molecule is CCc1ccsc1C(N)c1ncccc1OC. The van der Waals surface area contributed by atoms with Crippen molar-refractivity contribution in [3.8, 4) is 5.75 Å². The standard InChI is InChI=1S/C13H16N2OS/c1-3-9-6-8-17-13(9)11(14)12-10(16-2)5-4-7-15-12/h4-8,11H,3,14H2,1-2H3. The van der Waals surface area contributed by atoms with Crippen molar-refractivity contribution in [1.82, 2.24) is 4.98 Å². The van der Waals surface area contributed by atoms with E-state index >= 15 is 0 Å². The Morgan fingerprint density at radius 1 is 1.47 bits per heavy atom. The summed E-state index contributed by atoms with van der Waals surface area (Å²) in [7, 11) is 1.64. The number of aryl methyl sites for hydroxylation is 1. The van der Waals surface area contributed by atoms with Crippen molar-refractivity contribution < 1.29 is 4.74 Å². The van der Waals surface area contributed by atoms with Gasteiger partial charge in [0.25, 0.3) is 0 Å². The summed E-state index contributed by atoms with van der Waals surface area (Å²) in [5.74, 6) is 0.746. The molecule has 0 fully saturated rings. The number of methoxy groups -OCH3 is 1. The van der Waals surface area contributed by atoms with Gasteiger partial charge in [0.05, 0.1) is 13.2 Å². The number of nitrogens with two attached hydrogens (primary N) is 1. The number of rotatable bonds is 4. The zero-order valence-corrected chi connectivity index (χ0v) is 10.8. The second-order valence-corrected chi connectivity index (χ2v) is 4.68. The molecule has 2 N–H and O–H groups in total. The number of hydrogen-bond acceptors (Lipinski definition) is 4. The van der Waals surface area contributed by atoms with E-state index < -0.39 is 0 Å². The summed E-state index contributed by atoms with van der Waals surface area (Å²) in [5, 5.41) is 2.07. The minimum atomic E-state index is -0.207. The van der Waals surface area contributed by atoms with Crippen molar-refractivity contribution in [1.29, 1.82) is 0 Å². The van der Waals surface area contributed by atoms with E-state index in [2.05, 4.69) is 23.4 Å². The Balaban J connectivity index is 2.40. The second kappa shape index (κ2) is 5.29. The van der Waals surface area contributed by atoms with Crippen molar-refractivity contribution in [3.05, 3.63) is 45.9 Å². The van der Waals surface area contributed by atoms with Crippen LogP contribution in [0.2, 0.25) is 0 Å². The van der Waals surface area contributed by atoms with Crippen LogP contribution in [0.25, 0.3) is 0 Å². The summed E-state index contributed by atoms with van der Waals surface area (Å²) >= 11 is 1.68. The first-order chi connectivity index (χ1) is 8.27. The van der Waals surface area contributed by atoms with Gasteiger partial charge >= 0.3 is 0 Å². The fourth-order valence-electron chi connectivity index (χ4n) is 1.85. The molecular formula is C13H16N2OS. The smallest absolute Gasteiger partial charge is 0.142 e. The normalized spacial score (nSPS) is 12.4. The molecule has 2 heterocycles. The average molecular weight is 248 g/mol. The number of ether oxygens (including phenoxy) is 1. The molecule has 0 aliphatic carbocycles. The monoisotopic (exact) mass is 248 g/mol. The third-order valence-corrected chi connectivity index (χ3v) is 3.80. The van der Waals surface area contributed by atoms with Crippen molar-refractivity contribution in [2.45, 2.75) is 19.4 Å². The predicted octanol–water partition coefficient (Wildman–Crippen LogP) is 2.76. The van der Waals surface area contributed by atoms with Crippen molar-refractivity contribution in [2.75, 3.05) is 7.11 Å². The van der Waals surface area contributed by atoms with Crippen LogP contribution in [0, 0.1) is 0 Å². The van der Waals surface area contributed by atoms with Gasteiger partial charge in [-0.2, -0.15) is 0 Å². The highest BCUT2D eigenvalue weighted by Crippen LogP contribution is 2.31. The molecule has 17 heavy (non-hydrogen) atoms. The molecule has 4 heteroatoms. The van der Waals surface area contributed by atoms with Crippen LogP contribution in [-0.4, -0.2) is 12.1 Å². The molecule has 0 spiro atoms. The van der Waals surface area contributed by atoms with Gasteiger partial charge in [-0.1, -0.05) is 6.92 Å². The Morgan fingerprint density at radius 2 is 2.29 bits per heavy atom. The first-order valence-corrected chi connectivity index (χ1v) is 6.46. The van der Waals surface area contributed by atoms with Crippen LogP contribution in [0.5, 0.6) is 5.75 Å². The molecule has 0 aliphatic heterocycles.